The zero-order valence-electron chi connectivity index (χ0n) is 13.1. The summed E-state index contributed by atoms with van der Waals surface area (Å²) in [6, 6.07) is 13.1. The van der Waals surface area contributed by atoms with Crippen molar-refractivity contribution in [2.45, 2.75) is 5.16 Å². The molecule has 126 valence electrons. The zero-order valence-corrected chi connectivity index (χ0v) is 15.4. The van der Waals surface area contributed by atoms with Crippen molar-refractivity contribution in [3.8, 4) is 17.1 Å². The van der Waals surface area contributed by atoms with Crippen LogP contribution in [0, 0.1) is 0 Å². The summed E-state index contributed by atoms with van der Waals surface area (Å²) in [6.45, 7) is 0. The van der Waals surface area contributed by atoms with Gasteiger partial charge in [-0.2, -0.15) is 9.78 Å². The number of aromatic nitrogens is 3. The van der Waals surface area contributed by atoms with Crippen molar-refractivity contribution in [3.05, 3.63) is 58.1 Å². The molecular weight excluding hydrogens is 379 g/mol. The van der Waals surface area contributed by atoms with Crippen molar-refractivity contribution < 1.29 is 4.74 Å². The maximum atomic E-state index is 6.32. The predicted molar refractivity (Wildman–Crippen MR) is 101 cm³/mol. The fourth-order valence-electron chi connectivity index (χ4n) is 2.49. The van der Waals surface area contributed by atoms with E-state index < -0.39 is 0 Å². The molecular formula is C17H12Cl2N4OS. The van der Waals surface area contributed by atoms with Gasteiger partial charge in [-0.1, -0.05) is 35.0 Å². The number of fused-ring (bicyclic) bond motifs is 1. The topological polar surface area (TPSA) is 52.3 Å². The van der Waals surface area contributed by atoms with Gasteiger partial charge in [-0.05, 0) is 48.0 Å². The van der Waals surface area contributed by atoms with E-state index in [-0.39, 0.29) is 0 Å². The quantitative estimate of drug-likeness (QED) is 0.654. The van der Waals surface area contributed by atoms with Crippen molar-refractivity contribution in [1.82, 2.24) is 14.9 Å². The largest absolute Gasteiger partial charge is 0.497 e. The molecule has 0 aliphatic carbocycles. The molecule has 0 atom stereocenters. The third-order valence-electron chi connectivity index (χ3n) is 3.77. The van der Waals surface area contributed by atoms with Gasteiger partial charge in [0.25, 0.3) is 0 Å². The van der Waals surface area contributed by atoms with Crippen LogP contribution in [0.4, 0.5) is 0 Å². The minimum atomic E-state index is 0.513. The smallest absolute Gasteiger partial charge is 0.212 e. The lowest BCUT2D eigenvalue weighted by Crippen LogP contribution is -2.13. The Kier molecular flexibility index (Phi) is 4.41. The summed E-state index contributed by atoms with van der Waals surface area (Å²) >= 11 is 13.9. The maximum Gasteiger partial charge on any atom is 0.212 e. The first-order chi connectivity index (χ1) is 12.2. The van der Waals surface area contributed by atoms with Gasteiger partial charge >= 0.3 is 0 Å². The monoisotopic (exact) mass is 390 g/mol. The first kappa shape index (κ1) is 16.4. The molecule has 0 N–H and O–H groups in total. The van der Waals surface area contributed by atoms with Gasteiger partial charge in [0.05, 0.1) is 17.8 Å². The normalized spacial score (nSPS) is 13.3. The molecule has 0 saturated carbocycles. The number of thioether (sulfide) groups is 1. The van der Waals surface area contributed by atoms with Crippen LogP contribution in [0.2, 0.25) is 10.0 Å². The van der Waals surface area contributed by atoms with Crippen LogP contribution in [0.3, 0.4) is 0 Å². The van der Waals surface area contributed by atoms with E-state index in [0.717, 1.165) is 33.5 Å². The van der Waals surface area contributed by atoms with E-state index in [4.69, 9.17) is 33.0 Å². The predicted octanol–water partition coefficient (Wildman–Crippen LogP) is 4.62. The van der Waals surface area contributed by atoms with Crippen LogP contribution in [0.5, 0.6) is 5.75 Å². The van der Waals surface area contributed by atoms with Gasteiger partial charge in [0, 0.05) is 16.3 Å². The Balaban J connectivity index is 1.77. The lowest BCUT2D eigenvalue weighted by Gasteiger charge is -2.14. The molecule has 25 heavy (non-hydrogen) atoms. The standard InChI is InChI=1S/C17H12Cl2N4OS/c1-24-12-5-2-10(3-6-12)15-9-25-17-21-20-16(23(17)22-15)13-7-4-11(18)8-14(13)19/h2-8H,9H2,1H3. The molecule has 0 spiro atoms. The van der Waals surface area contributed by atoms with E-state index in [0.29, 0.717) is 15.9 Å². The molecule has 4 rings (SSSR count). The Morgan fingerprint density at radius 1 is 1.08 bits per heavy atom. The number of rotatable bonds is 3. The molecule has 3 aromatic rings. The van der Waals surface area contributed by atoms with Crippen molar-refractivity contribution >= 4 is 40.7 Å². The second-order valence-corrected chi connectivity index (χ2v) is 7.09. The van der Waals surface area contributed by atoms with Crippen molar-refractivity contribution in [2.24, 2.45) is 5.10 Å². The number of methoxy groups -OCH3 is 1. The van der Waals surface area contributed by atoms with Gasteiger partial charge in [-0.15, -0.1) is 10.2 Å². The first-order valence-electron chi connectivity index (χ1n) is 7.41. The maximum absolute atomic E-state index is 6.32. The van der Waals surface area contributed by atoms with Crippen LogP contribution >= 0.6 is 35.0 Å². The summed E-state index contributed by atoms with van der Waals surface area (Å²) in [7, 11) is 1.65. The molecule has 0 amide bonds. The Labute approximate surface area is 158 Å². The van der Waals surface area contributed by atoms with Crippen LogP contribution in [-0.4, -0.2) is 33.4 Å². The molecule has 0 bridgehead atoms. The van der Waals surface area contributed by atoms with Crippen molar-refractivity contribution in [1.29, 1.82) is 0 Å². The van der Waals surface area contributed by atoms with Gasteiger partial charge in [-0.25, -0.2) is 0 Å². The molecule has 0 radical (unpaired) electrons. The van der Waals surface area contributed by atoms with Gasteiger partial charge in [0.1, 0.15) is 5.75 Å². The lowest BCUT2D eigenvalue weighted by atomic mass is 10.1. The molecule has 0 saturated heterocycles. The van der Waals surface area contributed by atoms with Crippen molar-refractivity contribution in [3.63, 3.8) is 0 Å². The molecule has 1 aliphatic heterocycles. The van der Waals surface area contributed by atoms with Gasteiger partial charge in [0.2, 0.25) is 5.16 Å². The highest BCUT2D eigenvalue weighted by molar-refractivity contribution is 7.99. The molecule has 5 nitrogen and oxygen atoms in total. The highest BCUT2D eigenvalue weighted by atomic mass is 35.5. The summed E-state index contributed by atoms with van der Waals surface area (Å²) in [5, 5.41) is 15.0. The number of hydrogen-bond donors (Lipinski definition) is 0. The van der Waals surface area contributed by atoms with E-state index in [2.05, 4.69) is 10.2 Å². The van der Waals surface area contributed by atoms with Crippen LogP contribution in [-0.2, 0) is 0 Å². The minimum absolute atomic E-state index is 0.513. The molecule has 1 aliphatic rings. The van der Waals surface area contributed by atoms with E-state index in [1.165, 1.54) is 0 Å². The lowest BCUT2D eigenvalue weighted by molar-refractivity contribution is 0.415. The molecule has 0 fully saturated rings. The van der Waals surface area contributed by atoms with Gasteiger partial charge in [-0.3, -0.25) is 0 Å². The highest BCUT2D eigenvalue weighted by Gasteiger charge is 2.22. The van der Waals surface area contributed by atoms with E-state index in [1.807, 2.05) is 30.3 Å². The number of hydrogen-bond acceptors (Lipinski definition) is 5. The van der Waals surface area contributed by atoms with Crippen LogP contribution < -0.4 is 4.74 Å². The molecule has 1 aromatic heterocycles. The summed E-state index contributed by atoms with van der Waals surface area (Å²) in [4.78, 5) is 0. The Bertz CT molecular complexity index is 969. The van der Waals surface area contributed by atoms with Crippen LogP contribution in [0.25, 0.3) is 11.4 Å². The fraction of sp³-hybridized carbons (Fsp3) is 0.118. The van der Waals surface area contributed by atoms with E-state index >= 15 is 0 Å². The van der Waals surface area contributed by atoms with Crippen molar-refractivity contribution in [2.75, 3.05) is 12.9 Å². The minimum Gasteiger partial charge on any atom is -0.497 e. The molecule has 2 aromatic carbocycles. The van der Waals surface area contributed by atoms with Crippen LogP contribution in [0.15, 0.2) is 52.7 Å². The molecule has 8 heteroatoms. The Morgan fingerprint density at radius 2 is 1.88 bits per heavy atom. The van der Waals surface area contributed by atoms with Gasteiger partial charge in [0.15, 0.2) is 5.82 Å². The molecule has 2 heterocycles. The third-order valence-corrected chi connectivity index (χ3v) is 5.24. The van der Waals surface area contributed by atoms with E-state index in [9.17, 15) is 0 Å². The average molecular weight is 391 g/mol. The fourth-order valence-corrected chi connectivity index (χ4v) is 3.82. The Hall–Kier alpha value is -2.02. The summed E-state index contributed by atoms with van der Waals surface area (Å²) < 4.78 is 6.93. The summed E-state index contributed by atoms with van der Waals surface area (Å²) in [5.74, 6) is 2.13. The second-order valence-electron chi connectivity index (χ2n) is 5.31. The second kappa shape index (κ2) is 6.71. The van der Waals surface area contributed by atoms with E-state index in [1.54, 1.807) is 35.7 Å². The number of halogens is 2. The highest BCUT2D eigenvalue weighted by Crippen LogP contribution is 2.33. The summed E-state index contributed by atoms with van der Waals surface area (Å²) in [6.07, 6.45) is 0. The zero-order chi connectivity index (χ0) is 17.4. The summed E-state index contributed by atoms with van der Waals surface area (Å²) in [5.41, 5.74) is 2.71. The third kappa shape index (κ3) is 3.13. The average Bonchev–Trinajstić information content (AvgIpc) is 3.05. The SMILES string of the molecule is COc1ccc(C2=Nn3c(nnc3-c3ccc(Cl)cc3Cl)SC2)cc1. The first-order valence-corrected chi connectivity index (χ1v) is 9.16. The number of benzene rings is 2. The van der Waals surface area contributed by atoms with Crippen LogP contribution in [0.1, 0.15) is 5.56 Å². The molecule has 0 unspecified atom stereocenters. The number of nitrogens with zero attached hydrogens (tertiary/aromatic N) is 4. The Morgan fingerprint density at radius 3 is 2.60 bits per heavy atom. The number of ether oxygens (including phenoxy) is 1. The van der Waals surface area contributed by atoms with Gasteiger partial charge < -0.3 is 4.74 Å².